The number of halogens is 1. The number of rotatable bonds is 2. The fourth-order valence-corrected chi connectivity index (χ4v) is 4.14. The Kier molecular flexibility index (Phi) is 4.56. The molecule has 0 aliphatic heterocycles. The molecule has 1 aromatic carbocycles. The maximum atomic E-state index is 3.94. The molecule has 0 amide bonds. The molecular formula is C18H25ClN2. The molecule has 2 aliphatic rings. The van der Waals surface area contributed by atoms with E-state index in [4.69, 9.17) is 0 Å². The Hall–Kier alpha value is -0.990. The molecule has 2 aromatic rings. The average molecular weight is 305 g/mol. The van der Waals surface area contributed by atoms with Crippen molar-refractivity contribution in [2.75, 3.05) is 0 Å². The fourth-order valence-electron chi connectivity index (χ4n) is 4.14. The lowest BCUT2D eigenvalue weighted by atomic mass is 9.89. The van der Waals surface area contributed by atoms with Crippen LogP contribution in [0.4, 0.5) is 0 Å². The predicted octanol–water partition coefficient (Wildman–Crippen LogP) is 4.89. The van der Waals surface area contributed by atoms with Crippen LogP contribution < -0.4 is 5.32 Å². The van der Waals surface area contributed by atoms with E-state index < -0.39 is 0 Å². The van der Waals surface area contributed by atoms with Gasteiger partial charge in [-0.25, -0.2) is 0 Å². The summed E-state index contributed by atoms with van der Waals surface area (Å²) in [7, 11) is 0. The van der Waals surface area contributed by atoms with E-state index in [1.54, 1.807) is 5.56 Å². The summed E-state index contributed by atoms with van der Waals surface area (Å²) in [5, 5.41) is 5.39. The van der Waals surface area contributed by atoms with Crippen LogP contribution in [-0.4, -0.2) is 11.0 Å². The molecule has 2 N–H and O–H groups in total. The Bertz CT molecular complexity index is 598. The van der Waals surface area contributed by atoms with Gasteiger partial charge in [0, 0.05) is 28.7 Å². The molecule has 1 atom stereocenters. The molecule has 114 valence electrons. The van der Waals surface area contributed by atoms with Gasteiger partial charge in [0.05, 0.1) is 0 Å². The van der Waals surface area contributed by atoms with E-state index in [-0.39, 0.29) is 12.4 Å². The van der Waals surface area contributed by atoms with Gasteiger partial charge in [-0.05, 0) is 43.7 Å². The third-order valence-electron chi connectivity index (χ3n) is 5.16. The van der Waals surface area contributed by atoms with Crippen LogP contribution in [0, 0.1) is 0 Å². The van der Waals surface area contributed by atoms with Gasteiger partial charge in [-0.15, -0.1) is 12.4 Å². The number of H-pyrrole nitrogens is 1. The predicted molar refractivity (Wildman–Crippen MR) is 91.2 cm³/mol. The molecular weight excluding hydrogens is 280 g/mol. The van der Waals surface area contributed by atoms with Crippen molar-refractivity contribution in [1.82, 2.24) is 10.3 Å². The summed E-state index contributed by atoms with van der Waals surface area (Å²) in [6.45, 7) is 0. The quantitative estimate of drug-likeness (QED) is 0.812. The van der Waals surface area contributed by atoms with Crippen LogP contribution in [0.2, 0.25) is 0 Å². The molecule has 1 fully saturated rings. The second-order valence-corrected chi connectivity index (χ2v) is 6.51. The second kappa shape index (κ2) is 6.41. The standard InChI is InChI=1S/C18H24N2.ClH/c1-2-7-13(8-3-1)19-17-12-6-10-15-14-9-4-5-11-16(14)20-18(15)17;/h4-5,9,11,13,17,19-20H,1-3,6-8,10,12H2;1H. The summed E-state index contributed by atoms with van der Waals surface area (Å²) in [5.41, 5.74) is 4.36. The number of hydrogen-bond acceptors (Lipinski definition) is 1. The first-order chi connectivity index (χ1) is 9.92. The number of fused-ring (bicyclic) bond motifs is 3. The minimum atomic E-state index is 0. The van der Waals surface area contributed by atoms with Crippen molar-refractivity contribution in [2.45, 2.75) is 63.5 Å². The minimum Gasteiger partial charge on any atom is -0.357 e. The fraction of sp³-hybridized carbons (Fsp3) is 0.556. The van der Waals surface area contributed by atoms with Crippen molar-refractivity contribution in [2.24, 2.45) is 0 Å². The van der Waals surface area contributed by atoms with Crippen LogP contribution in [0.1, 0.15) is 62.2 Å². The average Bonchev–Trinajstić information content (AvgIpc) is 2.88. The van der Waals surface area contributed by atoms with E-state index in [9.17, 15) is 0 Å². The number of hydrogen-bond donors (Lipinski definition) is 2. The van der Waals surface area contributed by atoms with Gasteiger partial charge in [0.2, 0.25) is 0 Å². The zero-order valence-electron chi connectivity index (χ0n) is 12.5. The Morgan fingerprint density at radius 3 is 2.62 bits per heavy atom. The van der Waals surface area contributed by atoms with Gasteiger partial charge in [0.25, 0.3) is 0 Å². The van der Waals surface area contributed by atoms with Gasteiger partial charge < -0.3 is 10.3 Å². The van der Waals surface area contributed by atoms with Crippen molar-refractivity contribution in [3.05, 3.63) is 35.5 Å². The summed E-state index contributed by atoms with van der Waals surface area (Å²) in [6.07, 6.45) is 10.8. The SMILES string of the molecule is Cl.c1ccc2c3c([nH]c2c1)C(NC1CCCCC1)CCC3. The van der Waals surface area contributed by atoms with Gasteiger partial charge in [0.1, 0.15) is 0 Å². The van der Waals surface area contributed by atoms with E-state index in [0.29, 0.717) is 6.04 Å². The van der Waals surface area contributed by atoms with Crippen molar-refractivity contribution in [1.29, 1.82) is 0 Å². The lowest BCUT2D eigenvalue weighted by Crippen LogP contribution is -2.36. The Labute approximate surface area is 133 Å². The lowest BCUT2D eigenvalue weighted by molar-refractivity contribution is 0.318. The molecule has 0 radical (unpaired) electrons. The van der Waals surface area contributed by atoms with Crippen LogP contribution in [0.25, 0.3) is 10.9 Å². The molecule has 0 bridgehead atoms. The molecule has 2 nitrogen and oxygen atoms in total. The normalized spacial score (nSPS) is 22.8. The topological polar surface area (TPSA) is 27.8 Å². The van der Waals surface area contributed by atoms with E-state index in [0.717, 1.165) is 6.04 Å². The first-order valence-electron chi connectivity index (χ1n) is 8.27. The first kappa shape index (κ1) is 14.9. The number of aryl methyl sites for hydroxylation is 1. The van der Waals surface area contributed by atoms with Gasteiger partial charge in [0.15, 0.2) is 0 Å². The molecule has 0 saturated heterocycles. The van der Waals surface area contributed by atoms with Crippen molar-refractivity contribution in [3.63, 3.8) is 0 Å². The Morgan fingerprint density at radius 1 is 0.952 bits per heavy atom. The number of benzene rings is 1. The molecule has 1 heterocycles. The zero-order chi connectivity index (χ0) is 13.4. The van der Waals surface area contributed by atoms with E-state index in [2.05, 4.69) is 34.6 Å². The Morgan fingerprint density at radius 2 is 1.76 bits per heavy atom. The highest BCUT2D eigenvalue weighted by Crippen LogP contribution is 2.35. The third kappa shape index (κ3) is 2.84. The summed E-state index contributed by atoms with van der Waals surface area (Å²) in [4.78, 5) is 3.69. The van der Waals surface area contributed by atoms with E-state index in [1.165, 1.54) is 68.0 Å². The Balaban J connectivity index is 0.00000132. The molecule has 2 aliphatic carbocycles. The van der Waals surface area contributed by atoms with Crippen molar-refractivity contribution >= 4 is 23.3 Å². The van der Waals surface area contributed by atoms with Crippen LogP contribution in [-0.2, 0) is 6.42 Å². The monoisotopic (exact) mass is 304 g/mol. The molecule has 3 heteroatoms. The minimum absolute atomic E-state index is 0. The summed E-state index contributed by atoms with van der Waals surface area (Å²) in [5.74, 6) is 0. The smallest absolute Gasteiger partial charge is 0.0478 e. The molecule has 4 rings (SSSR count). The molecule has 1 saturated carbocycles. The van der Waals surface area contributed by atoms with Crippen LogP contribution in [0.15, 0.2) is 24.3 Å². The number of nitrogens with one attached hydrogen (secondary N) is 2. The largest absolute Gasteiger partial charge is 0.357 e. The number of para-hydroxylation sites is 1. The summed E-state index contributed by atoms with van der Waals surface area (Å²) in [6, 6.07) is 10.1. The lowest BCUT2D eigenvalue weighted by Gasteiger charge is -2.31. The van der Waals surface area contributed by atoms with Gasteiger partial charge in [-0.2, -0.15) is 0 Å². The van der Waals surface area contributed by atoms with Crippen LogP contribution in [0.5, 0.6) is 0 Å². The molecule has 21 heavy (non-hydrogen) atoms. The highest BCUT2D eigenvalue weighted by molar-refractivity contribution is 5.85. The van der Waals surface area contributed by atoms with Gasteiger partial charge in [-0.3, -0.25) is 0 Å². The summed E-state index contributed by atoms with van der Waals surface area (Å²) >= 11 is 0. The van der Waals surface area contributed by atoms with Crippen molar-refractivity contribution < 1.29 is 0 Å². The molecule has 1 unspecified atom stereocenters. The van der Waals surface area contributed by atoms with Crippen molar-refractivity contribution in [3.8, 4) is 0 Å². The second-order valence-electron chi connectivity index (χ2n) is 6.51. The number of aromatic amines is 1. The highest BCUT2D eigenvalue weighted by Gasteiger charge is 2.26. The zero-order valence-corrected chi connectivity index (χ0v) is 13.3. The molecule has 1 aromatic heterocycles. The van der Waals surface area contributed by atoms with E-state index >= 15 is 0 Å². The first-order valence-corrected chi connectivity index (χ1v) is 8.27. The number of aromatic nitrogens is 1. The molecule has 0 spiro atoms. The highest BCUT2D eigenvalue weighted by atomic mass is 35.5. The van der Waals surface area contributed by atoms with Crippen LogP contribution in [0.3, 0.4) is 0 Å². The third-order valence-corrected chi connectivity index (χ3v) is 5.16. The van der Waals surface area contributed by atoms with E-state index in [1.807, 2.05) is 0 Å². The summed E-state index contributed by atoms with van der Waals surface area (Å²) < 4.78 is 0. The van der Waals surface area contributed by atoms with Gasteiger partial charge >= 0.3 is 0 Å². The van der Waals surface area contributed by atoms with Gasteiger partial charge in [-0.1, -0.05) is 37.5 Å². The van der Waals surface area contributed by atoms with Crippen LogP contribution >= 0.6 is 12.4 Å². The maximum Gasteiger partial charge on any atom is 0.0478 e. The maximum absolute atomic E-state index is 3.94.